The number of carbonyl (C=O) groups is 1. The van der Waals surface area contributed by atoms with Gasteiger partial charge in [0.2, 0.25) is 5.69 Å². The number of para-hydroxylation sites is 2. The van der Waals surface area contributed by atoms with Gasteiger partial charge in [-0.1, -0.05) is 50.2 Å². The molecule has 1 aliphatic heterocycles. The quantitative estimate of drug-likeness (QED) is 0.403. The summed E-state index contributed by atoms with van der Waals surface area (Å²) < 4.78 is 2.35. The van der Waals surface area contributed by atoms with Crippen molar-refractivity contribution >= 4 is 28.1 Å². The molecule has 4 nitrogen and oxygen atoms in total. The van der Waals surface area contributed by atoms with Crippen LogP contribution in [0, 0.1) is 12.8 Å². The van der Waals surface area contributed by atoms with Crippen LogP contribution >= 0.6 is 0 Å². The maximum atomic E-state index is 13.4. The molecular weight excluding hydrogens is 408 g/mol. The van der Waals surface area contributed by atoms with Crippen LogP contribution < -0.4 is 0 Å². The third kappa shape index (κ3) is 3.31. The highest BCUT2D eigenvalue weighted by Gasteiger charge is 2.50. The van der Waals surface area contributed by atoms with Crippen LogP contribution in [0.4, 0.5) is 5.69 Å². The first-order valence-electron chi connectivity index (χ1n) is 12.0. The first-order chi connectivity index (χ1) is 15.7. The van der Waals surface area contributed by atoms with E-state index in [-0.39, 0.29) is 11.2 Å². The van der Waals surface area contributed by atoms with Gasteiger partial charge in [0.25, 0.3) is 0 Å². The molecule has 1 aromatic heterocycles. The van der Waals surface area contributed by atoms with Crippen LogP contribution in [0.25, 0.3) is 10.9 Å². The monoisotopic (exact) mass is 441 g/mol. The van der Waals surface area contributed by atoms with Crippen molar-refractivity contribution in [3.63, 3.8) is 0 Å². The standard InChI is InChI=1S/C29H32N2O2/c1-17(2)14-15-31-23-13-9-7-11-21(23)29(4,5)24(31)16-20-27(32)26(28(20)33)25-18(3)30-22-12-8-6-10-19(22)25/h6-13,16-17,26-27,32H,14-15H2,1-5H3/p+1. The van der Waals surface area contributed by atoms with Crippen LogP contribution in [0.3, 0.4) is 0 Å². The fourth-order valence-corrected chi connectivity index (χ4v) is 5.57. The lowest BCUT2D eigenvalue weighted by atomic mass is 9.69. The number of ketones is 1. The number of aliphatic hydroxyl groups is 1. The molecule has 0 spiro atoms. The van der Waals surface area contributed by atoms with Crippen LogP contribution in [0.1, 0.15) is 56.9 Å². The molecule has 2 unspecified atom stereocenters. The Kier molecular flexibility index (Phi) is 5.17. The van der Waals surface area contributed by atoms with Crippen molar-refractivity contribution in [1.29, 1.82) is 0 Å². The Labute approximate surface area is 195 Å². The van der Waals surface area contributed by atoms with E-state index in [1.807, 2.05) is 37.3 Å². The van der Waals surface area contributed by atoms with Gasteiger partial charge in [0.05, 0.1) is 17.4 Å². The lowest BCUT2D eigenvalue weighted by Gasteiger charge is -2.34. The van der Waals surface area contributed by atoms with Crippen LogP contribution in [-0.2, 0) is 10.2 Å². The molecule has 2 aromatic carbocycles. The fraction of sp³-hybridized carbons (Fsp3) is 0.379. The molecule has 2 N–H and O–H groups in total. The molecule has 0 amide bonds. The van der Waals surface area contributed by atoms with Crippen molar-refractivity contribution in [1.82, 2.24) is 4.98 Å². The Balaban J connectivity index is 1.56. The average molecular weight is 442 g/mol. The van der Waals surface area contributed by atoms with Gasteiger partial charge in [-0.05, 0) is 38.3 Å². The molecule has 170 valence electrons. The summed E-state index contributed by atoms with van der Waals surface area (Å²) in [6.07, 6.45) is 2.24. The molecule has 2 heterocycles. The van der Waals surface area contributed by atoms with Gasteiger partial charge in [0.1, 0.15) is 6.54 Å². The summed E-state index contributed by atoms with van der Waals surface area (Å²) in [5, 5.41) is 12.2. The molecule has 4 heteroatoms. The van der Waals surface area contributed by atoms with Gasteiger partial charge in [-0.15, -0.1) is 0 Å². The van der Waals surface area contributed by atoms with E-state index in [4.69, 9.17) is 0 Å². The van der Waals surface area contributed by atoms with Crippen molar-refractivity contribution in [3.05, 3.63) is 77.0 Å². The maximum Gasteiger partial charge on any atom is 0.209 e. The van der Waals surface area contributed by atoms with Gasteiger partial charge < -0.3 is 10.1 Å². The zero-order valence-corrected chi connectivity index (χ0v) is 20.1. The molecule has 3 aromatic rings. The van der Waals surface area contributed by atoms with Crippen LogP contribution in [-0.4, -0.2) is 38.8 Å². The van der Waals surface area contributed by atoms with Crippen molar-refractivity contribution < 1.29 is 14.5 Å². The number of aryl methyl sites for hydroxylation is 1. The molecular formula is C29H33N2O2+. The van der Waals surface area contributed by atoms with E-state index in [0.29, 0.717) is 11.5 Å². The van der Waals surface area contributed by atoms with Crippen molar-refractivity contribution in [2.24, 2.45) is 5.92 Å². The number of nitrogens with one attached hydrogen (secondary N) is 1. The molecule has 2 aliphatic rings. The van der Waals surface area contributed by atoms with Crippen LogP contribution in [0.5, 0.6) is 0 Å². The molecule has 0 bridgehead atoms. The molecule has 1 aliphatic carbocycles. The summed E-state index contributed by atoms with van der Waals surface area (Å²) in [6, 6.07) is 16.5. The molecule has 1 saturated carbocycles. The zero-order chi connectivity index (χ0) is 23.5. The van der Waals surface area contributed by atoms with E-state index in [1.165, 1.54) is 11.3 Å². The predicted molar refractivity (Wildman–Crippen MR) is 134 cm³/mol. The number of hydrogen-bond acceptors (Lipinski definition) is 2. The number of hydrogen-bond donors (Lipinski definition) is 2. The van der Waals surface area contributed by atoms with Gasteiger partial charge >= 0.3 is 0 Å². The largest absolute Gasteiger partial charge is 0.387 e. The summed E-state index contributed by atoms with van der Waals surface area (Å²) in [4.78, 5) is 16.8. The number of fused-ring (bicyclic) bond motifs is 2. The second-order valence-electron chi connectivity index (χ2n) is 10.5. The number of aliphatic hydroxyl groups excluding tert-OH is 1. The predicted octanol–water partition coefficient (Wildman–Crippen LogP) is 5.55. The third-order valence-electron chi connectivity index (χ3n) is 7.48. The summed E-state index contributed by atoms with van der Waals surface area (Å²) >= 11 is 0. The number of H-pyrrole nitrogens is 1. The van der Waals surface area contributed by atoms with E-state index >= 15 is 0 Å². The fourth-order valence-electron chi connectivity index (χ4n) is 5.57. The van der Waals surface area contributed by atoms with Gasteiger partial charge in [0.15, 0.2) is 11.5 Å². The SMILES string of the molecule is Cc1[nH]c2ccccc2c1C1C(=O)C(=CC2=[N+](CCC(C)C)c3ccccc3C2(C)C)C1O. The zero-order valence-electron chi connectivity index (χ0n) is 20.1. The van der Waals surface area contributed by atoms with Crippen molar-refractivity contribution in [2.75, 3.05) is 6.54 Å². The van der Waals surface area contributed by atoms with Crippen molar-refractivity contribution in [3.8, 4) is 0 Å². The number of allylic oxidation sites excluding steroid dienone is 1. The third-order valence-corrected chi connectivity index (χ3v) is 7.48. The molecule has 1 fully saturated rings. The second-order valence-corrected chi connectivity index (χ2v) is 10.5. The van der Waals surface area contributed by atoms with Gasteiger partial charge in [0, 0.05) is 46.3 Å². The number of aromatic nitrogens is 1. The molecule has 2 atom stereocenters. The number of Topliss-reactive ketones (excluding diaryl/α,β-unsaturated/α-hetero) is 1. The lowest BCUT2D eigenvalue weighted by Crippen LogP contribution is -2.44. The Morgan fingerprint density at radius 2 is 1.82 bits per heavy atom. The Bertz CT molecular complexity index is 1320. The minimum absolute atomic E-state index is 0.0263. The van der Waals surface area contributed by atoms with E-state index < -0.39 is 12.0 Å². The molecule has 0 radical (unpaired) electrons. The molecule has 0 saturated heterocycles. The lowest BCUT2D eigenvalue weighted by molar-refractivity contribution is -0.439. The van der Waals surface area contributed by atoms with E-state index in [1.54, 1.807) is 0 Å². The van der Waals surface area contributed by atoms with Crippen molar-refractivity contribution in [2.45, 2.75) is 58.5 Å². The van der Waals surface area contributed by atoms with Crippen LogP contribution in [0.2, 0.25) is 0 Å². The summed E-state index contributed by atoms with van der Waals surface area (Å²) in [6.45, 7) is 11.8. The van der Waals surface area contributed by atoms with Crippen LogP contribution in [0.15, 0.2) is 60.2 Å². The summed E-state index contributed by atoms with van der Waals surface area (Å²) in [7, 11) is 0. The normalized spacial score (nSPS) is 23.0. The van der Waals surface area contributed by atoms with Gasteiger partial charge in [-0.25, -0.2) is 0 Å². The first-order valence-corrected chi connectivity index (χ1v) is 12.0. The minimum atomic E-state index is -0.797. The number of benzene rings is 2. The number of carbonyl (C=O) groups excluding carboxylic acids is 1. The topological polar surface area (TPSA) is 56.1 Å². The minimum Gasteiger partial charge on any atom is -0.387 e. The molecule has 33 heavy (non-hydrogen) atoms. The Hall–Kier alpha value is -2.98. The number of rotatable bonds is 5. The molecule has 5 rings (SSSR count). The Morgan fingerprint density at radius 1 is 1.12 bits per heavy atom. The average Bonchev–Trinajstić information content (AvgIpc) is 3.21. The van der Waals surface area contributed by atoms with E-state index in [9.17, 15) is 9.90 Å². The summed E-state index contributed by atoms with van der Waals surface area (Å²) in [5.74, 6) is 0.0994. The first kappa shape index (κ1) is 21.8. The highest BCUT2D eigenvalue weighted by atomic mass is 16.3. The van der Waals surface area contributed by atoms with E-state index in [0.717, 1.165) is 40.8 Å². The smallest absolute Gasteiger partial charge is 0.209 e. The highest BCUT2D eigenvalue weighted by Crippen LogP contribution is 2.45. The number of aromatic amines is 1. The highest BCUT2D eigenvalue weighted by molar-refractivity contribution is 6.16. The second kappa shape index (κ2) is 7.81. The Morgan fingerprint density at radius 3 is 2.55 bits per heavy atom. The van der Waals surface area contributed by atoms with E-state index in [2.05, 4.69) is 61.5 Å². The summed E-state index contributed by atoms with van der Waals surface area (Å²) in [5.41, 5.74) is 6.75. The van der Waals surface area contributed by atoms with Gasteiger partial charge in [-0.2, -0.15) is 4.58 Å². The maximum absolute atomic E-state index is 13.4. The number of nitrogens with zero attached hydrogens (tertiary/aromatic N) is 1. The van der Waals surface area contributed by atoms with Gasteiger partial charge in [-0.3, -0.25) is 4.79 Å².